The lowest BCUT2D eigenvalue weighted by Crippen LogP contribution is -2.44. The van der Waals surface area contributed by atoms with Crippen molar-refractivity contribution in [2.45, 2.75) is 32.4 Å². The lowest BCUT2D eigenvalue weighted by atomic mass is 10.1. The van der Waals surface area contributed by atoms with E-state index in [1.807, 2.05) is 29.8 Å². The fourth-order valence-electron chi connectivity index (χ4n) is 5.00. The Bertz CT molecular complexity index is 1440. The number of aryl methyl sites for hydroxylation is 2. The predicted molar refractivity (Wildman–Crippen MR) is 131 cm³/mol. The summed E-state index contributed by atoms with van der Waals surface area (Å²) >= 11 is 0. The van der Waals surface area contributed by atoms with E-state index in [0.717, 1.165) is 41.0 Å². The standard InChI is InChI=1S/C25H28N6O4/c1-4-31-19-8-5-9-27-17(19)13-20(31)23-28-18-11-15(12-21(34-3)22(18)29(23)2)24(32)30-10-6-7-16(14-30)35-25(26)33/h5,8-9,11-13,16H,4,6-7,10,14H2,1-3H3,(H2,26,33)/t16-/m1/s1. The fourth-order valence-corrected chi connectivity index (χ4v) is 5.00. The summed E-state index contributed by atoms with van der Waals surface area (Å²) in [6.07, 6.45) is 1.96. The fraction of sp³-hybridized carbons (Fsp3) is 0.360. The van der Waals surface area contributed by atoms with Gasteiger partial charge in [0.25, 0.3) is 5.91 Å². The van der Waals surface area contributed by atoms with Gasteiger partial charge in [-0.2, -0.15) is 0 Å². The first-order valence-corrected chi connectivity index (χ1v) is 11.7. The minimum atomic E-state index is -0.826. The van der Waals surface area contributed by atoms with Gasteiger partial charge in [-0.25, -0.2) is 9.78 Å². The van der Waals surface area contributed by atoms with Gasteiger partial charge in [0.15, 0.2) is 5.82 Å². The van der Waals surface area contributed by atoms with Crippen LogP contribution in [0.3, 0.4) is 0 Å². The average molecular weight is 477 g/mol. The van der Waals surface area contributed by atoms with Gasteiger partial charge in [-0.05, 0) is 50.1 Å². The van der Waals surface area contributed by atoms with E-state index in [1.165, 1.54) is 0 Å². The lowest BCUT2D eigenvalue weighted by molar-refractivity contribution is 0.0373. The molecule has 10 nitrogen and oxygen atoms in total. The number of aromatic nitrogens is 4. The number of hydrogen-bond acceptors (Lipinski definition) is 6. The SMILES string of the molecule is CCn1c(-c2nc3cc(C(=O)N4CCC[C@@H](OC(N)=O)C4)cc(OC)c3n2C)cc2ncccc21. The molecule has 4 heterocycles. The number of primary amides is 1. The van der Waals surface area contributed by atoms with Gasteiger partial charge in [0.05, 0.1) is 35.9 Å². The summed E-state index contributed by atoms with van der Waals surface area (Å²) in [5.41, 5.74) is 9.98. The van der Waals surface area contributed by atoms with Crippen LogP contribution in [0.1, 0.15) is 30.1 Å². The van der Waals surface area contributed by atoms with Crippen LogP contribution in [0.5, 0.6) is 5.75 Å². The van der Waals surface area contributed by atoms with Crippen molar-refractivity contribution in [1.29, 1.82) is 0 Å². The number of piperidine rings is 1. The first-order chi connectivity index (χ1) is 16.9. The van der Waals surface area contributed by atoms with Crippen molar-refractivity contribution >= 4 is 34.1 Å². The summed E-state index contributed by atoms with van der Waals surface area (Å²) in [5, 5.41) is 0. The molecule has 5 rings (SSSR count). The van der Waals surface area contributed by atoms with Crippen LogP contribution in [0.4, 0.5) is 4.79 Å². The molecule has 1 aliphatic heterocycles. The van der Waals surface area contributed by atoms with Crippen molar-refractivity contribution in [3.05, 3.63) is 42.1 Å². The second-order valence-corrected chi connectivity index (χ2v) is 8.67. The molecule has 0 bridgehead atoms. The molecule has 1 fully saturated rings. The van der Waals surface area contributed by atoms with Gasteiger partial charge >= 0.3 is 6.09 Å². The molecule has 4 aromatic rings. The summed E-state index contributed by atoms with van der Waals surface area (Å²) in [6.45, 7) is 3.73. The molecule has 0 radical (unpaired) electrons. The maximum absolute atomic E-state index is 13.4. The number of carbonyl (C=O) groups excluding carboxylic acids is 2. The van der Waals surface area contributed by atoms with Crippen LogP contribution in [0, 0.1) is 0 Å². The monoisotopic (exact) mass is 476 g/mol. The highest BCUT2D eigenvalue weighted by Crippen LogP contribution is 2.34. The second-order valence-electron chi connectivity index (χ2n) is 8.67. The van der Waals surface area contributed by atoms with E-state index in [4.69, 9.17) is 20.2 Å². The van der Waals surface area contributed by atoms with Crippen molar-refractivity contribution in [3.63, 3.8) is 0 Å². The molecule has 0 spiro atoms. The van der Waals surface area contributed by atoms with E-state index in [0.29, 0.717) is 36.3 Å². The molecule has 1 aromatic carbocycles. The van der Waals surface area contributed by atoms with E-state index in [1.54, 1.807) is 30.3 Å². The van der Waals surface area contributed by atoms with Crippen LogP contribution >= 0.6 is 0 Å². The van der Waals surface area contributed by atoms with Crippen molar-refractivity contribution in [1.82, 2.24) is 24.0 Å². The third-order valence-corrected chi connectivity index (χ3v) is 6.57. The first kappa shape index (κ1) is 22.7. The van der Waals surface area contributed by atoms with Crippen molar-refractivity contribution < 1.29 is 19.1 Å². The zero-order chi connectivity index (χ0) is 24.7. The molecule has 1 aliphatic rings. The summed E-state index contributed by atoms with van der Waals surface area (Å²) < 4.78 is 15.0. The molecule has 3 aromatic heterocycles. The Morgan fingerprint density at radius 2 is 2.06 bits per heavy atom. The minimum absolute atomic E-state index is 0.165. The Balaban J connectivity index is 1.56. The van der Waals surface area contributed by atoms with E-state index in [2.05, 4.69) is 16.5 Å². The second kappa shape index (κ2) is 8.94. The Hall–Kier alpha value is -4.08. The predicted octanol–water partition coefficient (Wildman–Crippen LogP) is 3.32. The molecule has 2 amide bonds. The number of imidazole rings is 1. The van der Waals surface area contributed by atoms with E-state index >= 15 is 0 Å². The Morgan fingerprint density at radius 1 is 1.23 bits per heavy atom. The molecule has 0 unspecified atom stereocenters. The van der Waals surface area contributed by atoms with Gasteiger partial charge in [0.1, 0.15) is 17.4 Å². The van der Waals surface area contributed by atoms with Crippen LogP contribution in [0.2, 0.25) is 0 Å². The normalized spacial score (nSPS) is 16.1. The quantitative estimate of drug-likeness (QED) is 0.472. The molecule has 35 heavy (non-hydrogen) atoms. The first-order valence-electron chi connectivity index (χ1n) is 11.7. The van der Waals surface area contributed by atoms with Gasteiger partial charge in [0, 0.05) is 31.9 Å². The molecule has 1 atom stereocenters. The van der Waals surface area contributed by atoms with Gasteiger partial charge in [-0.15, -0.1) is 0 Å². The highest BCUT2D eigenvalue weighted by molar-refractivity contribution is 6.00. The number of benzene rings is 1. The topological polar surface area (TPSA) is 117 Å². The van der Waals surface area contributed by atoms with Crippen molar-refractivity contribution in [2.75, 3.05) is 20.2 Å². The number of hydrogen-bond donors (Lipinski definition) is 1. The molecule has 10 heteroatoms. The Labute approximate surface area is 202 Å². The third kappa shape index (κ3) is 3.94. The molecule has 182 valence electrons. The summed E-state index contributed by atoms with van der Waals surface area (Å²) in [5.74, 6) is 1.16. The van der Waals surface area contributed by atoms with Gasteiger partial charge in [-0.1, -0.05) is 0 Å². The highest BCUT2D eigenvalue weighted by Gasteiger charge is 2.28. The summed E-state index contributed by atoms with van der Waals surface area (Å²) in [7, 11) is 3.52. The average Bonchev–Trinajstić information content (AvgIpc) is 3.39. The number of methoxy groups -OCH3 is 1. The number of nitrogens with two attached hydrogens (primary N) is 1. The molecule has 0 saturated carbocycles. The number of likely N-dealkylation sites (tertiary alicyclic amines) is 1. The zero-order valence-electron chi connectivity index (χ0n) is 20.0. The number of nitrogens with zero attached hydrogens (tertiary/aromatic N) is 5. The largest absolute Gasteiger partial charge is 0.494 e. The van der Waals surface area contributed by atoms with Crippen LogP contribution < -0.4 is 10.5 Å². The van der Waals surface area contributed by atoms with Gasteiger partial charge in [0.2, 0.25) is 0 Å². The smallest absolute Gasteiger partial charge is 0.404 e. The van der Waals surface area contributed by atoms with Crippen LogP contribution in [0.25, 0.3) is 33.6 Å². The molecule has 2 N–H and O–H groups in total. The molecular formula is C25H28N6O4. The Kier molecular flexibility index (Phi) is 5.80. The Morgan fingerprint density at radius 3 is 2.80 bits per heavy atom. The van der Waals surface area contributed by atoms with E-state index in [9.17, 15) is 9.59 Å². The third-order valence-electron chi connectivity index (χ3n) is 6.57. The van der Waals surface area contributed by atoms with Gasteiger partial charge < -0.3 is 29.2 Å². The number of carbonyl (C=O) groups is 2. The lowest BCUT2D eigenvalue weighted by Gasteiger charge is -2.32. The number of amides is 2. The van der Waals surface area contributed by atoms with E-state index < -0.39 is 12.2 Å². The van der Waals surface area contributed by atoms with E-state index in [-0.39, 0.29) is 5.91 Å². The summed E-state index contributed by atoms with van der Waals surface area (Å²) in [6, 6.07) is 9.53. The van der Waals surface area contributed by atoms with Crippen molar-refractivity contribution in [3.8, 4) is 17.3 Å². The number of ether oxygens (including phenoxy) is 2. The number of fused-ring (bicyclic) bond motifs is 2. The number of rotatable bonds is 5. The maximum Gasteiger partial charge on any atom is 0.404 e. The van der Waals surface area contributed by atoms with Crippen LogP contribution in [-0.4, -0.2) is 62.3 Å². The van der Waals surface area contributed by atoms with Crippen molar-refractivity contribution in [2.24, 2.45) is 12.8 Å². The summed E-state index contributed by atoms with van der Waals surface area (Å²) in [4.78, 5) is 35.6. The van der Waals surface area contributed by atoms with Gasteiger partial charge in [-0.3, -0.25) is 9.78 Å². The highest BCUT2D eigenvalue weighted by atomic mass is 16.6. The number of pyridine rings is 1. The van der Waals surface area contributed by atoms with Crippen LogP contribution in [0.15, 0.2) is 36.5 Å². The zero-order valence-corrected chi connectivity index (χ0v) is 20.0. The molecular weight excluding hydrogens is 448 g/mol. The van der Waals surface area contributed by atoms with Crippen LogP contribution in [-0.2, 0) is 18.3 Å². The molecule has 0 aliphatic carbocycles. The molecule has 1 saturated heterocycles. The maximum atomic E-state index is 13.4. The minimum Gasteiger partial charge on any atom is -0.494 e.